The van der Waals surface area contributed by atoms with E-state index < -0.39 is 17.5 Å². The van der Waals surface area contributed by atoms with Gasteiger partial charge < -0.3 is 10.1 Å². The Morgan fingerprint density at radius 3 is 2.88 bits per heavy atom. The van der Waals surface area contributed by atoms with E-state index in [0.717, 1.165) is 6.07 Å². The minimum Gasteiger partial charge on any atom is -0.383 e. The fraction of sp³-hybridized carbons (Fsp3) is 0.364. The summed E-state index contributed by atoms with van der Waals surface area (Å²) in [5.41, 5.74) is -0.304. The number of nitrogens with one attached hydrogen (secondary N) is 1. The lowest BCUT2D eigenvalue weighted by molar-refractivity contribution is 0.0945. The minimum atomic E-state index is -1.14. The molecule has 94 valence electrons. The van der Waals surface area contributed by atoms with Crippen LogP contribution in [0.25, 0.3) is 0 Å². The molecular formula is C11H12BrF2NO2. The molecule has 3 nitrogen and oxygen atoms in total. The van der Waals surface area contributed by atoms with Crippen LogP contribution in [0.4, 0.5) is 8.78 Å². The first-order chi connectivity index (χ1) is 8.06. The number of methoxy groups -OCH3 is 1. The lowest BCUT2D eigenvalue weighted by Crippen LogP contribution is -2.32. The summed E-state index contributed by atoms with van der Waals surface area (Å²) in [6.45, 7) is 0.675. The molecule has 1 unspecified atom stereocenters. The molecule has 1 amide bonds. The van der Waals surface area contributed by atoms with Crippen LogP contribution in [0.15, 0.2) is 18.2 Å². The molecule has 0 radical (unpaired) electrons. The van der Waals surface area contributed by atoms with Crippen molar-refractivity contribution < 1.29 is 18.3 Å². The van der Waals surface area contributed by atoms with Gasteiger partial charge in [0.05, 0.1) is 17.0 Å². The molecule has 1 aromatic carbocycles. The average Bonchev–Trinajstić information content (AvgIpc) is 2.30. The van der Waals surface area contributed by atoms with Crippen LogP contribution < -0.4 is 5.32 Å². The molecule has 0 aliphatic rings. The molecule has 6 heteroatoms. The van der Waals surface area contributed by atoms with Crippen LogP contribution >= 0.6 is 15.9 Å². The number of hydrogen-bond acceptors (Lipinski definition) is 2. The van der Waals surface area contributed by atoms with Crippen molar-refractivity contribution in [3.63, 3.8) is 0 Å². The SMILES string of the molecule is COCC(Br)CNC(=O)c1cccc(F)c1F. The summed E-state index contributed by atoms with van der Waals surface area (Å²) in [6, 6.07) is 3.48. The van der Waals surface area contributed by atoms with E-state index in [2.05, 4.69) is 21.2 Å². The van der Waals surface area contributed by atoms with Gasteiger partial charge in [-0.3, -0.25) is 4.79 Å². The van der Waals surface area contributed by atoms with Crippen molar-refractivity contribution in [3.8, 4) is 0 Å². The van der Waals surface area contributed by atoms with Crippen LogP contribution in [-0.2, 0) is 4.74 Å². The zero-order valence-electron chi connectivity index (χ0n) is 9.17. The molecule has 0 aromatic heterocycles. The highest BCUT2D eigenvalue weighted by Crippen LogP contribution is 2.11. The van der Waals surface area contributed by atoms with E-state index in [1.165, 1.54) is 19.2 Å². The highest BCUT2D eigenvalue weighted by atomic mass is 79.9. The minimum absolute atomic E-state index is 0.0759. The number of rotatable bonds is 5. The highest BCUT2D eigenvalue weighted by molar-refractivity contribution is 9.09. The Labute approximate surface area is 106 Å². The number of carbonyl (C=O) groups is 1. The van der Waals surface area contributed by atoms with Gasteiger partial charge in [0, 0.05) is 13.7 Å². The standard InChI is InChI=1S/C11H12BrF2NO2/c1-17-6-7(12)5-15-11(16)8-3-2-4-9(13)10(8)14/h2-4,7H,5-6H2,1H3,(H,15,16). The van der Waals surface area contributed by atoms with Crippen molar-refractivity contribution in [1.82, 2.24) is 5.32 Å². The predicted molar refractivity (Wildman–Crippen MR) is 63.3 cm³/mol. The molecule has 1 aromatic rings. The van der Waals surface area contributed by atoms with E-state index in [-0.39, 0.29) is 16.9 Å². The maximum atomic E-state index is 13.3. The molecule has 0 aliphatic heterocycles. The quantitative estimate of drug-likeness (QED) is 0.846. The lowest BCUT2D eigenvalue weighted by atomic mass is 10.2. The summed E-state index contributed by atoms with van der Waals surface area (Å²) in [5, 5.41) is 2.48. The smallest absolute Gasteiger partial charge is 0.254 e. The molecule has 1 rings (SSSR count). The molecule has 1 N–H and O–H groups in total. The van der Waals surface area contributed by atoms with E-state index in [9.17, 15) is 13.6 Å². The Hall–Kier alpha value is -1.01. The van der Waals surface area contributed by atoms with Crippen LogP contribution in [0.2, 0.25) is 0 Å². The van der Waals surface area contributed by atoms with Crippen LogP contribution in [0, 0.1) is 11.6 Å². The largest absolute Gasteiger partial charge is 0.383 e. The Kier molecular flexibility index (Phi) is 5.50. The average molecular weight is 308 g/mol. The van der Waals surface area contributed by atoms with E-state index >= 15 is 0 Å². The lowest BCUT2D eigenvalue weighted by Gasteiger charge is -2.10. The fourth-order valence-electron chi connectivity index (χ4n) is 1.22. The first kappa shape index (κ1) is 14.1. The molecule has 1 atom stereocenters. The second-order valence-corrected chi connectivity index (χ2v) is 4.66. The maximum absolute atomic E-state index is 13.3. The number of amides is 1. The molecular weight excluding hydrogens is 296 g/mol. The van der Waals surface area contributed by atoms with Gasteiger partial charge in [-0.1, -0.05) is 22.0 Å². The first-order valence-corrected chi connectivity index (χ1v) is 5.83. The number of benzene rings is 1. The second kappa shape index (κ2) is 6.66. The molecule has 0 bridgehead atoms. The number of halogens is 3. The van der Waals surface area contributed by atoms with Crippen molar-refractivity contribution in [2.75, 3.05) is 20.3 Å². The number of carbonyl (C=O) groups excluding carboxylic acids is 1. The summed E-state index contributed by atoms with van der Waals surface area (Å²) in [7, 11) is 1.53. The van der Waals surface area contributed by atoms with Crippen molar-refractivity contribution in [2.24, 2.45) is 0 Å². The summed E-state index contributed by atoms with van der Waals surface area (Å²) in [5.74, 6) is -2.82. The number of ether oxygens (including phenoxy) is 1. The fourth-order valence-corrected chi connectivity index (χ4v) is 1.64. The van der Waals surface area contributed by atoms with Gasteiger partial charge in [-0.25, -0.2) is 8.78 Å². The van der Waals surface area contributed by atoms with Gasteiger partial charge >= 0.3 is 0 Å². The van der Waals surface area contributed by atoms with Gasteiger partial charge in [0.1, 0.15) is 0 Å². The van der Waals surface area contributed by atoms with Gasteiger partial charge in [0.15, 0.2) is 11.6 Å². The van der Waals surface area contributed by atoms with Gasteiger partial charge in [0.2, 0.25) is 0 Å². The van der Waals surface area contributed by atoms with Crippen LogP contribution in [-0.4, -0.2) is 31.0 Å². The van der Waals surface area contributed by atoms with Gasteiger partial charge in [0.25, 0.3) is 5.91 Å². The van der Waals surface area contributed by atoms with Crippen LogP contribution in [0.1, 0.15) is 10.4 Å². The third-order valence-electron chi connectivity index (χ3n) is 2.03. The Bertz CT molecular complexity index is 401. The Morgan fingerprint density at radius 2 is 2.24 bits per heavy atom. The molecule has 0 aliphatic carbocycles. The van der Waals surface area contributed by atoms with Gasteiger partial charge in [-0.15, -0.1) is 0 Å². The number of alkyl halides is 1. The summed E-state index contributed by atoms with van der Waals surface area (Å²) >= 11 is 3.26. The normalized spacial score (nSPS) is 12.2. The molecule has 0 fully saturated rings. The monoisotopic (exact) mass is 307 g/mol. The third-order valence-corrected chi connectivity index (χ3v) is 2.62. The molecule has 0 heterocycles. The third kappa shape index (κ3) is 4.05. The molecule has 0 spiro atoms. The summed E-state index contributed by atoms with van der Waals surface area (Å²) < 4.78 is 31.0. The zero-order valence-corrected chi connectivity index (χ0v) is 10.8. The summed E-state index contributed by atoms with van der Waals surface area (Å²) in [4.78, 5) is 11.5. The summed E-state index contributed by atoms with van der Waals surface area (Å²) in [6.07, 6.45) is 0. The van der Waals surface area contributed by atoms with Gasteiger partial charge in [-0.2, -0.15) is 0 Å². The second-order valence-electron chi connectivity index (χ2n) is 3.36. The van der Waals surface area contributed by atoms with Crippen molar-refractivity contribution in [3.05, 3.63) is 35.4 Å². The van der Waals surface area contributed by atoms with E-state index in [1.807, 2.05) is 0 Å². The van der Waals surface area contributed by atoms with Crippen LogP contribution in [0.3, 0.4) is 0 Å². The number of hydrogen-bond donors (Lipinski definition) is 1. The Balaban J connectivity index is 2.61. The topological polar surface area (TPSA) is 38.3 Å². The van der Waals surface area contributed by atoms with Crippen molar-refractivity contribution in [1.29, 1.82) is 0 Å². The van der Waals surface area contributed by atoms with Gasteiger partial charge in [-0.05, 0) is 12.1 Å². The highest BCUT2D eigenvalue weighted by Gasteiger charge is 2.15. The Morgan fingerprint density at radius 1 is 1.53 bits per heavy atom. The maximum Gasteiger partial charge on any atom is 0.254 e. The van der Waals surface area contributed by atoms with Crippen molar-refractivity contribution >= 4 is 21.8 Å². The predicted octanol–water partition coefficient (Wildman–Crippen LogP) is 2.10. The zero-order chi connectivity index (χ0) is 12.8. The van der Waals surface area contributed by atoms with E-state index in [1.54, 1.807) is 0 Å². The molecule has 17 heavy (non-hydrogen) atoms. The first-order valence-electron chi connectivity index (χ1n) is 4.91. The molecule has 0 saturated carbocycles. The van der Waals surface area contributed by atoms with Crippen LogP contribution in [0.5, 0.6) is 0 Å². The van der Waals surface area contributed by atoms with Crippen molar-refractivity contribution in [2.45, 2.75) is 4.83 Å². The van der Waals surface area contributed by atoms with E-state index in [4.69, 9.17) is 4.74 Å². The van der Waals surface area contributed by atoms with E-state index in [0.29, 0.717) is 6.61 Å². The molecule has 0 saturated heterocycles.